The number of hydrogen-bond acceptors (Lipinski definition) is 4. The third-order valence-corrected chi connectivity index (χ3v) is 2.83. The maximum Gasteiger partial charge on any atom is 0.128 e. The van der Waals surface area contributed by atoms with Gasteiger partial charge in [0.15, 0.2) is 0 Å². The molecule has 1 fully saturated rings. The lowest BCUT2D eigenvalue weighted by Gasteiger charge is -2.06. The largest absolute Gasteiger partial charge is 0.490 e. The molecule has 0 bridgehead atoms. The van der Waals surface area contributed by atoms with Gasteiger partial charge in [-0.2, -0.15) is 0 Å². The van der Waals surface area contributed by atoms with Crippen LogP contribution in [0.5, 0.6) is 5.75 Å². The lowest BCUT2D eigenvalue weighted by molar-refractivity contribution is 0.303. The molecule has 0 atom stereocenters. The Bertz CT molecular complexity index is 542. The van der Waals surface area contributed by atoms with Crippen LogP contribution in [0.2, 0.25) is 0 Å². The van der Waals surface area contributed by atoms with Gasteiger partial charge in [-0.1, -0.05) is 0 Å². The number of aryl methyl sites for hydroxylation is 1. The Morgan fingerprint density at radius 1 is 1.17 bits per heavy atom. The molecular weight excluding hydrogens is 226 g/mol. The molecule has 4 nitrogen and oxygen atoms in total. The van der Waals surface area contributed by atoms with Crippen LogP contribution in [0.1, 0.15) is 18.7 Å². The Morgan fingerprint density at radius 2 is 1.89 bits per heavy atom. The predicted molar refractivity (Wildman–Crippen MR) is 70.3 cm³/mol. The molecule has 3 rings (SSSR count). The van der Waals surface area contributed by atoms with E-state index < -0.39 is 0 Å². The normalized spacial score (nSPS) is 14.5. The highest BCUT2D eigenvalue weighted by Gasteiger charge is 2.23. The second-order valence-electron chi connectivity index (χ2n) is 4.57. The van der Waals surface area contributed by atoms with Gasteiger partial charge in [0.1, 0.15) is 17.4 Å². The van der Waals surface area contributed by atoms with Crippen molar-refractivity contribution in [1.29, 1.82) is 0 Å². The first-order valence-corrected chi connectivity index (χ1v) is 6.09. The molecule has 0 saturated heterocycles. The lowest BCUT2D eigenvalue weighted by Crippen LogP contribution is -1.98. The van der Waals surface area contributed by atoms with E-state index >= 15 is 0 Å². The summed E-state index contributed by atoms with van der Waals surface area (Å²) in [4.78, 5) is 8.44. The van der Waals surface area contributed by atoms with Crippen molar-refractivity contribution in [1.82, 2.24) is 9.97 Å². The van der Waals surface area contributed by atoms with Crippen molar-refractivity contribution in [2.75, 3.05) is 5.73 Å². The molecule has 0 spiro atoms. The average Bonchev–Trinajstić information content (AvgIpc) is 3.12. The minimum Gasteiger partial charge on any atom is -0.490 e. The minimum absolute atomic E-state index is 0.424. The van der Waals surface area contributed by atoms with Crippen molar-refractivity contribution in [3.8, 4) is 17.0 Å². The van der Waals surface area contributed by atoms with Gasteiger partial charge < -0.3 is 10.5 Å². The number of anilines is 1. The maximum atomic E-state index is 5.73. The first kappa shape index (κ1) is 11.0. The van der Waals surface area contributed by atoms with E-state index in [1.807, 2.05) is 31.2 Å². The molecule has 4 heteroatoms. The van der Waals surface area contributed by atoms with E-state index in [2.05, 4.69) is 9.97 Å². The van der Waals surface area contributed by atoms with Gasteiger partial charge in [-0.3, -0.25) is 0 Å². The van der Waals surface area contributed by atoms with E-state index in [0.29, 0.717) is 17.7 Å². The Kier molecular flexibility index (Phi) is 2.63. The zero-order valence-corrected chi connectivity index (χ0v) is 10.3. The quantitative estimate of drug-likeness (QED) is 0.897. The summed E-state index contributed by atoms with van der Waals surface area (Å²) < 4.78 is 5.71. The van der Waals surface area contributed by atoms with Gasteiger partial charge >= 0.3 is 0 Å². The summed E-state index contributed by atoms with van der Waals surface area (Å²) in [5.74, 6) is 2.10. The van der Waals surface area contributed by atoms with E-state index in [-0.39, 0.29) is 0 Å². The van der Waals surface area contributed by atoms with Crippen LogP contribution < -0.4 is 10.5 Å². The first-order valence-electron chi connectivity index (χ1n) is 6.09. The van der Waals surface area contributed by atoms with Crippen molar-refractivity contribution >= 4 is 5.82 Å². The maximum absolute atomic E-state index is 5.73. The van der Waals surface area contributed by atoms with Crippen LogP contribution in [-0.2, 0) is 0 Å². The molecule has 92 valence electrons. The van der Waals surface area contributed by atoms with Gasteiger partial charge in [0.05, 0.1) is 11.8 Å². The fourth-order valence-electron chi connectivity index (χ4n) is 1.82. The van der Waals surface area contributed by atoms with Crippen molar-refractivity contribution in [2.45, 2.75) is 25.9 Å². The molecular formula is C14H15N3O. The Balaban J connectivity index is 1.86. The van der Waals surface area contributed by atoms with Crippen molar-refractivity contribution in [3.63, 3.8) is 0 Å². The van der Waals surface area contributed by atoms with Crippen LogP contribution in [0.25, 0.3) is 11.3 Å². The molecule has 2 aromatic rings. The Morgan fingerprint density at radius 3 is 2.50 bits per heavy atom. The van der Waals surface area contributed by atoms with Crippen LogP contribution in [0.15, 0.2) is 30.3 Å². The van der Waals surface area contributed by atoms with Crippen molar-refractivity contribution in [2.24, 2.45) is 0 Å². The third kappa shape index (κ3) is 2.42. The standard InChI is InChI=1S/C14H15N3O/c1-9-16-13(8-14(15)17-9)10-2-4-11(5-3-10)18-12-6-7-12/h2-5,8,12H,6-7H2,1H3,(H2,15,16,17). The molecule has 1 saturated carbocycles. The lowest BCUT2D eigenvalue weighted by atomic mass is 10.1. The zero-order chi connectivity index (χ0) is 12.5. The number of ether oxygens (including phenoxy) is 1. The highest BCUT2D eigenvalue weighted by atomic mass is 16.5. The fourth-order valence-corrected chi connectivity index (χ4v) is 1.82. The molecule has 18 heavy (non-hydrogen) atoms. The number of benzene rings is 1. The van der Waals surface area contributed by atoms with Gasteiger partial charge in [-0.15, -0.1) is 0 Å². The summed E-state index contributed by atoms with van der Waals surface area (Å²) in [7, 11) is 0. The van der Waals surface area contributed by atoms with E-state index in [4.69, 9.17) is 10.5 Å². The summed E-state index contributed by atoms with van der Waals surface area (Å²) in [6, 6.07) is 9.73. The number of rotatable bonds is 3. The highest BCUT2D eigenvalue weighted by molar-refractivity contribution is 5.62. The number of hydrogen-bond donors (Lipinski definition) is 1. The molecule has 0 aliphatic heterocycles. The number of nitrogens with zero attached hydrogens (tertiary/aromatic N) is 2. The fraction of sp³-hybridized carbons (Fsp3) is 0.286. The second-order valence-corrected chi connectivity index (χ2v) is 4.57. The molecule has 1 aliphatic carbocycles. The molecule has 2 N–H and O–H groups in total. The molecule has 0 amide bonds. The SMILES string of the molecule is Cc1nc(N)cc(-c2ccc(OC3CC3)cc2)n1. The van der Waals surface area contributed by atoms with Gasteiger partial charge in [-0.05, 0) is 44.0 Å². The van der Waals surface area contributed by atoms with Gasteiger partial charge in [0.25, 0.3) is 0 Å². The number of nitrogen functional groups attached to an aromatic ring is 1. The summed E-state index contributed by atoms with van der Waals surface area (Å²) >= 11 is 0. The van der Waals surface area contributed by atoms with Crippen LogP contribution in [-0.4, -0.2) is 16.1 Å². The molecule has 1 aromatic carbocycles. The van der Waals surface area contributed by atoms with Crippen LogP contribution >= 0.6 is 0 Å². The van der Waals surface area contributed by atoms with Gasteiger partial charge in [0, 0.05) is 11.6 Å². The van der Waals surface area contributed by atoms with Gasteiger partial charge in [0.2, 0.25) is 0 Å². The first-order chi connectivity index (χ1) is 8.70. The van der Waals surface area contributed by atoms with Crippen LogP contribution in [0, 0.1) is 6.92 Å². The number of aromatic nitrogens is 2. The monoisotopic (exact) mass is 241 g/mol. The molecule has 1 heterocycles. The average molecular weight is 241 g/mol. The third-order valence-electron chi connectivity index (χ3n) is 2.83. The second kappa shape index (κ2) is 4.29. The van der Waals surface area contributed by atoms with Crippen molar-refractivity contribution in [3.05, 3.63) is 36.2 Å². The Labute approximate surface area is 106 Å². The summed E-state index contributed by atoms with van der Waals surface area (Å²) in [5, 5.41) is 0. The molecule has 1 aromatic heterocycles. The Hall–Kier alpha value is -2.10. The zero-order valence-electron chi connectivity index (χ0n) is 10.3. The van der Waals surface area contributed by atoms with E-state index in [9.17, 15) is 0 Å². The molecule has 0 unspecified atom stereocenters. The van der Waals surface area contributed by atoms with Crippen LogP contribution in [0.4, 0.5) is 5.82 Å². The number of nitrogens with two attached hydrogens (primary N) is 1. The van der Waals surface area contributed by atoms with Gasteiger partial charge in [-0.25, -0.2) is 9.97 Å². The summed E-state index contributed by atoms with van der Waals surface area (Å²) in [6.45, 7) is 1.84. The van der Waals surface area contributed by atoms with Crippen LogP contribution in [0.3, 0.4) is 0 Å². The van der Waals surface area contributed by atoms with E-state index in [1.165, 1.54) is 12.8 Å². The van der Waals surface area contributed by atoms with E-state index in [0.717, 1.165) is 17.0 Å². The predicted octanol–water partition coefficient (Wildman–Crippen LogP) is 2.58. The smallest absolute Gasteiger partial charge is 0.128 e. The molecule has 1 aliphatic rings. The minimum atomic E-state index is 0.424. The van der Waals surface area contributed by atoms with E-state index in [1.54, 1.807) is 6.07 Å². The van der Waals surface area contributed by atoms with Crippen molar-refractivity contribution < 1.29 is 4.74 Å². The summed E-state index contributed by atoms with van der Waals surface area (Å²) in [6.07, 6.45) is 2.76. The highest BCUT2D eigenvalue weighted by Crippen LogP contribution is 2.28. The topological polar surface area (TPSA) is 61.0 Å². The molecule has 0 radical (unpaired) electrons. The summed E-state index contributed by atoms with van der Waals surface area (Å²) in [5.41, 5.74) is 7.59.